The van der Waals surface area contributed by atoms with Gasteiger partial charge in [0, 0.05) is 34.9 Å². The molecule has 0 spiro atoms. The first-order valence-electron chi connectivity index (χ1n) is 9.97. The fourth-order valence-corrected chi connectivity index (χ4v) is 4.46. The minimum absolute atomic E-state index is 0.177. The number of nitrogens with two attached hydrogens (primary N) is 2. The van der Waals surface area contributed by atoms with E-state index in [0.717, 1.165) is 18.9 Å². The fourth-order valence-electron chi connectivity index (χ4n) is 4.46. The number of aromatic nitrogens is 1. The molecule has 0 bridgehead atoms. The summed E-state index contributed by atoms with van der Waals surface area (Å²) >= 11 is 0. The Morgan fingerprint density at radius 3 is 2.67 bits per heavy atom. The van der Waals surface area contributed by atoms with Crippen LogP contribution < -0.4 is 16.4 Å². The Hall–Kier alpha value is -3.18. The van der Waals surface area contributed by atoms with Gasteiger partial charge in [-0.2, -0.15) is 5.26 Å². The molecule has 1 amide bonds. The lowest BCUT2D eigenvalue weighted by molar-refractivity contribution is -0.123. The average Bonchev–Trinajstić information content (AvgIpc) is 3.52. The summed E-state index contributed by atoms with van der Waals surface area (Å²) in [5.41, 5.74) is 13.9. The van der Waals surface area contributed by atoms with Crippen LogP contribution in [0.1, 0.15) is 60.6 Å². The van der Waals surface area contributed by atoms with Crippen molar-refractivity contribution < 1.29 is 14.3 Å². The average molecular weight is 409 g/mol. The second-order valence-corrected chi connectivity index (χ2v) is 8.23. The third kappa shape index (κ3) is 2.52. The first-order chi connectivity index (χ1) is 14.2. The third-order valence-electron chi connectivity index (χ3n) is 6.51. The molecule has 1 saturated carbocycles. The zero-order valence-electron chi connectivity index (χ0n) is 17.2. The SMILES string of the molecule is CCc1c(O)cc(F)c(C)c1N1c2c(cnc(C3CC3)c2C#N)C(C)(C(N)=O)C1N. The second-order valence-electron chi connectivity index (χ2n) is 8.23. The van der Waals surface area contributed by atoms with Gasteiger partial charge in [-0.1, -0.05) is 6.92 Å². The van der Waals surface area contributed by atoms with E-state index in [2.05, 4.69) is 11.1 Å². The van der Waals surface area contributed by atoms with Gasteiger partial charge in [-0.3, -0.25) is 9.78 Å². The number of aromatic hydroxyl groups is 1. The van der Waals surface area contributed by atoms with Gasteiger partial charge in [0.05, 0.1) is 22.6 Å². The monoisotopic (exact) mass is 409 g/mol. The standard InChI is InChI=1S/C22H24FN5O2/c1-4-12-16(29)7-15(23)10(2)18(12)28-19-13(8-24)17(11-5-6-11)27-9-14(19)22(3,20(28)25)21(26)30/h7,9,11,20,29H,4-6,25H2,1-3H3,(H2,26,30). The lowest BCUT2D eigenvalue weighted by Gasteiger charge is -2.34. The normalized spacial score (nSPS) is 22.7. The van der Waals surface area contributed by atoms with Crippen molar-refractivity contribution >= 4 is 17.3 Å². The van der Waals surface area contributed by atoms with E-state index >= 15 is 0 Å². The summed E-state index contributed by atoms with van der Waals surface area (Å²) in [5, 5.41) is 20.5. The number of fused-ring (bicyclic) bond motifs is 1. The van der Waals surface area contributed by atoms with Gasteiger partial charge >= 0.3 is 0 Å². The van der Waals surface area contributed by atoms with Crippen LogP contribution in [0.5, 0.6) is 5.75 Å². The second kappa shape index (κ2) is 6.67. The van der Waals surface area contributed by atoms with E-state index in [-0.39, 0.29) is 17.2 Å². The minimum Gasteiger partial charge on any atom is -0.507 e. The van der Waals surface area contributed by atoms with E-state index in [4.69, 9.17) is 11.5 Å². The maximum atomic E-state index is 14.7. The van der Waals surface area contributed by atoms with Gasteiger partial charge < -0.3 is 21.5 Å². The van der Waals surface area contributed by atoms with Crippen molar-refractivity contribution in [2.45, 2.75) is 57.5 Å². The molecule has 7 nitrogen and oxygen atoms in total. The van der Waals surface area contributed by atoms with Crippen molar-refractivity contribution in [2.75, 3.05) is 4.90 Å². The van der Waals surface area contributed by atoms with Crippen LogP contribution >= 0.6 is 0 Å². The van der Waals surface area contributed by atoms with Crippen LogP contribution in [0.3, 0.4) is 0 Å². The zero-order chi connectivity index (χ0) is 22.0. The summed E-state index contributed by atoms with van der Waals surface area (Å²) in [6.07, 6.45) is 2.82. The summed E-state index contributed by atoms with van der Waals surface area (Å²) in [6.45, 7) is 5.03. The van der Waals surface area contributed by atoms with Gasteiger partial charge in [-0.25, -0.2) is 4.39 Å². The van der Waals surface area contributed by atoms with E-state index in [1.54, 1.807) is 24.9 Å². The number of nitriles is 1. The number of carbonyl (C=O) groups excluding carboxylic acids is 1. The van der Waals surface area contributed by atoms with E-state index in [1.165, 1.54) is 0 Å². The Balaban J connectivity index is 2.12. The number of nitrogens with zero attached hydrogens (tertiary/aromatic N) is 3. The predicted molar refractivity (Wildman–Crippen MR) is 110 cm³/mol. The zero-order valence-corrected chi connectivity index (χ0v) is 17.2. The summed E-state index contributed by atoms with van der Waals surface area (Å²) in [5.74, 6) is -1.29. The highest BCUT2D eigenvalue weighted by atomic mass is 19.1. The van der Waals surface area contributed by atoms with Crippen LogP contribution in [0.2, 0.25) is 0 Å². The number of pyridine rings is 1. The van der Waals surface area contributed by atoms with Gasteiger partial charge in [0.15, 0.2) is 0 Å². The number of anilines is 2. The van der Waals surface area contributed by atoms with Crippen LogP contribution in [0.25, 0.3) is 0 Å². The summed E-state index contributed by atoms with van der Waals surface area (Å²) < 4.78 is 14.7. The Kier molecular flexibility index (Phi) is 4.47. The first kappa shape index (κ1) is 20.1. The first-order valence-corrected chi connectivity index (χ1v) is 9.97. The van der Waals surface area contributed by atoms with Crippen LogP contribution in [-0.4, -0.2) is 22.2 Å². The smallest absolute Gasteiger partial charge is 0.231 e. The molecule has 4 rings (SSSR count). The molecular weight excluding hydrogens is 385 g/mol. The number of rotatable bonds is 4. The molecule has 1 aliphatic heterocycles. The Bertz CT molecular complexity index is 1120. The molecule has 2 unspecified atom stereocenters. The molecule has 1 fully saturated rings. The maximum absolute atomic E-state index is 14.7. The van der Waals surface area contributed by atoms with Crippen LogP contribution in [0.4, 0.5) is 15.8 Å². The lowest BCUT2D eigenvalue weighted by Crippen LogP contribution is -2.54. The van der Waals surface area contributed by atoms with E-state index in [0.29, 0.717) is 40.2 Å². The van der Waals surface area contributed by atoms with Crippen molar-refractivity contribution in [2.24, 2.45) is 11.5 Å². The maximum Gasteiger partial charge on any atom is 0.231 e. The Labute approximate surface area is 174 Å². The summed E-state index contributed by atoms with van der Waals surface area (Å²) in [4.78, 5) is 18.6. The number of primary amides is 1. The lowest BCUT2D eigenvalue weighted by atomic mass is 9.81. The topological polar surface area (TPSA) is 129 Å². The van der Waals surface area contributed by atoms with Gasteiger partial charge in [0.2, 0.25) is 5.91 Å². The Morgan fingerprint density at radius 2 is 2.13 bits per heavy atom. The Morgan fingerprint density at radius 1 is 1.47 bits per heavy atom. The quantitative estimate of drug-likeness (QED) is 0.712. The van der Waals surface area contributed by atoms with E-state index in [9.17, 15) is 19.6 Å². The molecule has 2 aliphatic rings. The molecule has 5 N–H and O–H groups in total. The fraction of sp³-hybridized carbons (Fsp3) is 0.409. The number of phenolic OH excluding ortho intramolecular Hbond substituents is 1. The van der Waals surface area contributed by atoms with Gasteiger partial charge in [-0.05, 0) is 33.1 Å². The van der Waals surface area contributed by atoms with Crippen molar-refractivity contribution in [1.29, 1.82) is 5.26 Å². The van der Waals surface area contributed by atoms with Gasteiger partial charge in [-0.15, -0.1) is 0 Å². The molecular formula is C22H24FN5O2. The molecule has 1 aromatic carbocycles. The number of carbonyl (C=O) groups is 1. The molecule has 30 heavy (non-hydrogen) atoms. The molecule has 0 radical (unpaired) electrons. The molecule has 1 aliphatic carbocycles. The van der Waals surface area contributed by atoms with Crippen molar-refractivity contribution in [3.63, 3.8) is 0 Å². The number of halogens is 1. The molecule has 1 aromatic heterocycles. The molecule has 0 saturated heterocycles. The number of hydrogen-bond donors (Lipinski definition) is 3. The molecule has 156 valence electrons. The van der Waals surface area contributed by atoms with Crippen LogP contribution in [-0.2, 0) is 16.6 Å². The summed E-state index contributed by atoms with van der Waals surface area (Å²) in [6, 6.07) is 3.30. The van der Waals surface area contributed by atoms with Gasteiger partial charge in [0.1, 0.15) is 29.2 Å². The van der Waals surface area contributed by atoms with Crippen molar-refractivity contribution in [3.8, 4) is 11.8 Å². The van der Waals surface area contributed by atoms with Crippen LogP contribution in [0, 0.1) is 24.1 Å². The van der Waals surface area contributed by atoms with Crippen molar-refractivity contribution in [3.05, 3.63) is 46.0 Å². The highest BCUT2D eigenvalue weighted by Gasteiger charge is 2.54. The molecule has 2 heterocycles. The molecule has 2 aromatic rings. The molecule has 2 atom stereocenters. The number of phenols is 1. The predicted octanol–water partition coefficient (Wildman–Crippen LogP) is 2.73. The number of amides is 1. The number of benzene rings is 1. The van der Waals surface area contributed by atoms with Gasteiger partial charge in [0.25, 0.3) is 0 Å². The van der Waals surface area contributed by atoms with Crippen LogP contribution in [0.15, 0.2) is 12.3 Å². The molecule has 8 heteroatoms. The largest absolute Gasteiger partial charge is 0.507 e. The number of hydrogen-bond acceptors (Lipinski definition) is 6. The highest BCUT2D eigenvalue weighted by molar-refractivity contribution is 5.96. The minimum atomic E-state index is -1.35. The van der Waals surface area contributed by atoms with Crippen molar-refractivity contribution in [1.82, 2.24) is 4.98 Å². The van der Waals surface area contributed by atoms with E-state index < -0.39 is 23.3 Å². The summed E-state index contributed by atoms with van der Waals surface area (Å²) in [7, 11) is 0. The third-order valence-corrected chi connectivity index (χ3v) is 6.51. The van der Waals surface area contributed by atoms with E-state index in [1.807, 2.05) is 6.92 Å². The highest BCUT2D eigenvalue weighted by Crippen LogP contribution is 2.53.